The Morgan fingerprint density at radius 3 is 2.44 bits per heavy atom. The quantitative estimate of drug-likeness (QED) is 0.854. The molecular weight excluding hydrogens is 248 g/mol. The summed E-state index contributed by atoms with van der Waals surface area (Å²) in [5.41, 5.74) is 1.11. The van der Waals surface area contributed by atoms with Gasteiger partial charge in [0.25, 0.3) is 10.1 Å². The van der Waals surface area contributed by atoms with Crippen LogP contribution < -0.4 is 0 Å². The molecule has 1 unspecified atom stereocenters. The lowest BCUT2D eigenvalue weighted by Gasteiger charge is -2.27. The second-order valence-corrected chi connectivity index (χ2v) is 6.36. The molecule has 1 aliphatic carbocycles. The Morgan fingerprint density at radius 2 is 1.94 bits per heavy atom. The van der Waals surface area contributed by atoms with E-state index in [4.69, 9.17) is 4.55 Å². The van der Waals surface area contributed by atoms with Crippen molar-refractivity contribution in [2.45, 2.75) is 19.8 Å². The van der Waals surface area contributed by atoms with Gasteiger partial charge in [-0.1, -0.05) is 49.4 Å². The zero-order valence-electron chi connectivity index (χ0n) is 10.2. The lowest BCUT2D eigenvalue weighted by atomic mass is 9.78. The zero-order chi connectivity index (χ0) is 13.2. The van der Waals surface area contributed by atoms with Crippen LogP contribution in [-0.2, 0) is 16.5 Å². The van der Waals surface area contributed by atoms with E-state index < -0.39 is 10.1 Å². The molecule has 0 aromatic heterocycles. The standard InChI is InChI=1S/C14H16O3S/c1-14(11-12-5-3-2-4-6-12)9-7-13(8-10-14)18(15,16)17/h2-9H,10-11H2,1H3,(H,15,16,17). The highest BCUT2D eigenvalue weighted by Gasteiger charge is 2.25. The maximum Gasteiger partial charge on any atom is 0.294 e. The molecule has 1 N–H and O–H groups in total. The van der Waals surface area contributed by atoms with Crippen LogP contribution in [0.2, 0.25) is 0 Å². The molecule has 1 atom stereocenters. The van der Waals surface area contributed by atoms with Crippen molar-refractivity contribution in [3.05, 3.63) is 59.0 Å². The first-order valence-electron chi connectivity index (χ1n) is 5.80. The van der Waals surface area contributed by atoms with E-state index in [1.165, 1.54) is 11.6 Å². The number of hydrogen-bond acceptors (Lipinski definition) is 2. The van der Waals surface area contributed by atoms with Crippen LogP contribution in [0.15, 0.2) is 53.5 Å². The lowest BCUT2D eigenvalue weighted by molar-refractivity contribution is 0.425. The third-order valence-electron chi connectivity index (χ3n) is 3.17. The van der Waals surface area contributed by atoms with Gasteiger partial charge in [0.1, 0.15) is 0 Å². The largest absolute Gasteiger partial charge is 0.294 e. The Labute approximate surface area is 108 Å². The summed E-state index contributed by atoms with van der Waals surface area (Å²) >= 11 is 0. The molecule has 1 aromatic rings. The Kier molecular flexibility index (Phi) is 3.41. The van der Waals surface area contributed by atoms with Gasteiger partial charge in [0.2, 0.25) is 0 Å². The minimum absolute atomic E-state index is 0.00645. The minimum atomic E-state index is -4.07. The van der Waals surface area contributed by atoms with Gasteiger partial charge in [0.05, 0.1) is 4.91 Å². The van der Waals surface area contributed by atoms with Crippen LogP contribution in [0, 0.1) is 5.41 Å². The van der Waals surface area contributed by atoms with E-state index in [-0.39, 0.29) is 10.3 Å². The average Bonchev–Trinajstić information content (AvgIpc) is 2.29. The number of allylic oxidation sites excluding steroid dienone is 3. The zero-order valence-corrected chi connectivity index (χ0v) is 11.0. The van der Waals surface area contributed by atoms with Crippen molar-refractivity contribution in [1.29, 1.82) is 0 Å². The molecule has 4 heteroatoms. The first-order valence-corrected chi connectivity index (χ1v) is 7.24. The normalized spacial score (nSPS) is 23.8. The smallest absolute Gasteiger partial charge is 0.282 e. The summed E-state index contributed by atoms with van der Waals surface area (Å²) in [6.45, 7) is 2.08. The number of hydrogen-bond donors (Lipinski definition) is 1. The van der Waals surface area contributed by atoms with Gasteiger partial charge in [0.15, 0.2) is 0 Å². The first kappa shape index (κ1) is 13.1. The molecular formula is C14H16O3S. The lowest BCUT2D eigenvalue weighted by Crippen LogP contribution is -2.19. The van der Waals surface area contributed by atoms with Gasteiger partial charge >= 0.3 is 0 Å². The van der Waals surface area contributed by atoms with Crippen molar-refractivity contribution in [2.75, 3.05) is 0 Å². The van der Waals surface area contributed by atoms with Gasteiger partial charge in [0, 0.05) is 0 Å². The Morgan fingerprint density at radius 1 is 1.28 bits per heavy atom. The molecule has 0 saturated carbocycles. The Hall–Kier alpha value is -1.39. The van der Waals surface area contributed by atoms with Crippen LogP contribution in [-0.4, -0.2) is 13.0 Å². The SMILES string of the molecule is CC1(Cc2ccccc2)C=CC(S(=O)(=O)O)=CC1. The van der Waals surface area contributed by atoms with Crippen molar-refractivity contribution < 1.29 is 13.0 Å². The fraction of sp³-hybridized carbons (Fsp3) is 0.286. The van der Waals surface area contributed by atoms with E-state index in [1.54, 1.807) is 6.08 Å². The van der Waals surface area contributed by atoms with Gasteiger partial charge in [-0.05, 0) is 29.9 Å². The Balaban J connectivity index is 2.14. The number of benzene rings is 1. The average molecular weight is 264 g/mol. The predicted molar refractivity (Wildman–Crippen MR) is 71.6 cm³/mol. The van der Waals surface area contributed by atoms with Gasteiger partial charge in [-0.25, -0.2) is 0 Å². The molecule has 0 heterocycles. The van der Waals surface area contributed by atoms with E-state index in [1.807, 2.05) is 24.3 Å². The molecule has 0 saturated heterocycles. The molecule has 0 radical (unpaired) electrons. The van der Waals surface area contributed by atoms with Crippen LogP contribution in [0.25, 0.3) is 0 Å². The first-order chi connectivity index (χ1) is 8.39. The van der Waals surface area contributed by atoms with Crippen LogP contribution in [0.3, 0.4) is 0 Å². The van der Waals surface area contributed by atoms with Crippen molar-refractivity contribution in [2.24, 2.45) is 5.41 Å². The fourth-order valence-electron chi connectivity index (χ4n) is 2.14. The number of rotatable bonds is 3. The van der Waals surface area contributed by atoms with Gasteiger partial charge < -0.3 is 0 Å². The second kappa shape index (κ2) is 4.71. The molecule has 96 valence electrons. The molecule has 0 bridgehead atoms. The van der Waals surface area contributed by atoms with Gasteiger partial charge in [-0.3, -0.25) is 4.55 Å². The van der Waals surface area contributed by atoms with E-state index in [0.717, 1.165) is 6.42 Å². The summed E-state index contributed by atoms with van der Waals surface area (Å²) in [6, 6.07) is 10.1. The summed E-state index contributed by atoms with van der Waals surface area (Å²) in [7, 11) is -4.07. The molecule has 1 aliphatic rings. The Bertz CT molecular complexity index is 585. The van der Waals surface area contributed by atoms with E-state index in [9.17, 15) is 8.42 Å². The highest BCUT2D eigenvalue weighted by Crippen LogP contribution is 2.34. The molecule has 1 aromatic carbocycles. The molecule has 0 aliphatic heterocycles. The van der Waals surface area contributed by atoms with E-state index in [0.29, 0.717) is 6.42 Å². The molecule has 0 fully saturated rings. The van der Waals surface area contributed by atoms with Crippen molar-refractivity contribution in [3.8, 4) is 0 Å². The van der Waals surface area contributed by atoms with Crippen molar-refractivity contribution >= 4 is 10.1 Å². The molecule has 2 rings (SSSR count). The summed E-state index contributed by atoms with van der Waals surface area (Å²) < 4.78 is 30.9. The second-order valence-electron chi connectivity index (χ2n) is 4.94. The summed E-state index contributed by atoms with van der Waals surface area (Å²) in [6.07, 6.45) is 6.39. The summed E-state index contributed by atoms with van der Waals surface area (Å²) in [5, 5.41) is 0. The highest BCUT2D eigenvalue weighted by molar-refractivity contribution is 7.90. The predicted octanol–water partition coefficient (Wildman–Crippen LogP) is 2.97. The fourth-order valence-corrected chi connectivity index (χ4v) is 2.67. The van der Waals surface area contributed by atoms with Crippen LogP contribution in [0.4, 0.5) is 0 Å². The maximum absolute atomic E-state index is 11.0. The highest BCUT2D eigenvalue weighted by atomic mass is 32.2. The van der Waals surface area contributed by atoms with E-state index in [2.05, 4.69) is 19.1 Å². The molecule has 3 nitrogen and oxygen atoms in total. The monoisotopic (exact) mass is 264 g/mol. The van der Waals surface area contributed by atoms with Crippen LogP contribution in [0.1, 0.15) is 18.9 Å². The van der Waals surface area contributed by atoms with Gasteiger partial charge in [-0.2, -0.15) is 8.42 Å². The van der Waals surface area contributed by atoms with Crippen LogP contribution in [0.5, 0.6) is 0 Å². The maximum atomic E-state index is 11.0. The van der Waals surface area contributed by atoms with E-state index >= 15 is 0 Å². The molecule has 18 heavy (non-hydrogen) atoms. The summed E-state index contributed by atoms with van der Waals surface area (Å²) in [5.74, 6) is 0. The molecule has 0 spiro atoms. The third-order valence-corrected chi connectivity index (χ3v) is 4.07. The minimum Gasteiger partial charge on any atom is -0.282 e. The topological polar surface area (TPSA) is 54.4 Å². The summed E-state index contributed by atoms with van der Waals surface area (Å²) in [4.78, 5) is -0.00645. The van der Waals surface area contributed by atoms with Crippen molar-refractivity contribution in [1.82, 2.24) is 0 Å². The van der Waals surface area contributed by atoms with Crippen LogP contribution >= 0.6 is 0 Å². The van der Waals surface area contributed by atoms with Crippen molar-refractivity contribution in [3.63, 3.8) is 0 Å². The third kappa shape index (κ3) is 3.09. The molecule has 0 amide bonds. The van der Waals surface area contributed by atoms with Gasteiger partial charge in [-0.15, -0.1) is 0 Å².